The second-order valence-electron chi connectivity index (χ2n) is 10.3. The van der Waals surface area contributed by atoms with Crippen molar-refractivity contribution in [1.29, 1.82) is 5.26 Å². The van der Waals surface area contributed by atoms with E-state index in [0.717, 1.165) is 30.0 Å². The monoisotopic (exact) mass is 536 g/mol. The van der Waals surface area contributed by atoms with Gasteiger partial charge in [0.25, 0.3) is 0 Å². The summed E-state index contributed by atoms with van der Waals surface area (Å²) >= 11 is 0. The van der Waals surface area contributed by atoms with Crippen molar-refractivity contribution in [1.82, 2.24) is 10.2 Å². The highest BCUT2D eigenvalue weighted by molar-refractivity contribution is 5.40. The number of fused-ring (bicyclic) bond motifs is 1. The van der Waals surface area contributed by atoms with Gasteiger partial charge in [0.2, 0.25) is 0 Å². The predicted molar refractivity (Wildman–Crippen MR) is 164 cm³/mol. The van der Waals surface area contributed by atoms with E-state index in [1.54, 1.807) is 21.1 Å². The molecule has 0 bridgehead atoms. The summed E-state index contributed by atoms with van der Waals surface area (Å²) in [5.41, 5.74) is 9.88. The first-order chi connectivity index (χ1) is 18.8. The van der Waals surface area contributed by atoms with Crippen LogP contribution >= 0.6 is 0 Å². The van der Waals surface area contributed by atoms with E-state index in [0.29, 0.717) is 11.5 Å². The lowest BCUT2D eigenvalue weighted by atomic mass is 9.64. The summed E-state index contributed by atoms with van der Waals surface area (Å²) in [6, 6.07) is 17.2. The second kappa shape index (κ2) is 18.4. The summed E-state index contributed by atoms with van der Waals surface area (Å²) < 4.78 is 10.0. The quantitative estimate of drug-likeness (QED) is 0.424. The molecule has 6 nitrogen and oxygen atoms in total. The molecule has 0 radical (unpaired) electrons. The lowest BCUT2D eigenvalue weighted by Crippen LogP contribution is -2.45. The van der Waals surface area contributed by atoms with Gasteiger partial charge in [-0.25, -0.2) is 0 Å². The average Bonchev–Trinajstić information content (AvgIpc) is 2.98. The van der Waals surface area contributed by atoms with Crippen LogP contribution in [-0.4, -0.2) is 52.8 Å². The standard InChI is InChI=1S/C25H31N3O.C4H8O.C3H8.CH5N/c1-27-24-17-25(16-21-7-8-22(29-2)15-23(21)24)10-13-28(14-11-25)12-9-19-3-5-20(18-26)6-4-19;1-4(2)5-3;1-3-2;1-2/h3-8,15,24,27H,9-14,16-17H2,1-2H3;1H2,2-3H3;3H2,1-2H3;2H2,1H3/t24-;;;/m0.../s1. The van der Waals surface area contributed by atoms with Crippen LogP contribution in [0.1, 0.15) is 74.8 Å². The van der Waals surface area contributed by atoms with Gasteiger partial charge in [-0.1, -0.05) is 45.0 Å². The number of hydrogen-bond acceptors (Lipinski definition) is 6. The number of nitrogens with zero attached hydrogens (tertiary/aromatic N) is 2. The Labute approximate surface area is 238 Å². The molecule has 1 fully saturated rings. The van der Waals surface area contributed by atoms with Crippen LogP contribution in [-0.2, 0) is 17.6 Å². The summed E-state index contributed by atoms with van der Waals surface area (Å²) in [6.45, 7) is 13.0. The van der Waals surface area contributed by atoms with Crippen LogP contribution < -0.4 is 15.8 Å². The third-order valence-electron chi connectivity index (χ3n) is 7.34. The third-order valence-corrected chi connectivity index (χ3v) is 7.34. The van der Waals surface area contributed by atoms with Crippen LogP contribution in [0.2, 0.25) is 0 Å². The zero-order valence-electron chi connectivity index (χ0n) is 25.5. The minimum atomic E-state index is 0.416. The first kappa shape index (κ1) is 34.2. The van der Waals surface area contributed by atoms with Crippen LogP contribution in [0.15, 0.2) is 54.8 Å². The number of nitrogens with two attached hydrogens (primary N) is 1. The molecule has 2 aromatic carbocycles. The number of benzene rings is 2. The normalized spacial score (nSPS) is 16.9. The SMILES string of the molecule is C=C(C)OC.CCC.CN.CN[C@H]1CC2(CCN(CCc3ccc(C#N)cc3)CC2)Cc2ccc(OC)cc21. The average molecular weight is 537 g/mol. The fraction of sp³-hybridized carbons (Fsp3) is 0.545. The Kier molecular flexibility index (Phi) is 16.2. The summed E-state index contributed by atoms with van der Waals surface area (Å²) in [5, 5.41) is 12.5. The smallest absolute Gasteiger partial charge is 0.119 e. The number of likely N-dealkylation sites (tertiary alicyclic amines) is 1. The van der Waals surface area contributed by atoms with Crippen molar-refractivity contribution in [3.05, 3.63) is 77.1 Å². The lowest BCUT2D eigenvalue weighted by molar-refractivity contribution is 0.0783. The molecular weight excluding hydrogens is 484 g/mol. The van der Waals surface area contributed by atoms with Crippen molar-refractivity contribution in [2.24, 2.45) is 11.1 Å². The van der Waals surface area contributed by atoms with Gasteiger partial charge >= 0.3 is 0 Å². The molecule has 1 atom stereocenters. The molecule has 2 aromatic rings. The number of methoxy groups -OCH3 is 2. The summed E-state index contributed by atoms with van der Waals surface area (Å²) in [6.07, 6.45) is 7.25. The molecule has 0 saturated carbocycles. The molecule has 0 amide bonds. The van der Waals surface area contributed by atoms with Crippen molar-refractivity contribution < 1.29 is 9.47 Å². The molecule has 1 aliphatic carbocycles. The summed E-state index contributed by atoms with van der Waals surface area (Å²) in [5.74, 6) is 1.71. The summed E-state index contributed by atoms with van der Waals surface area (Å²) in [7, 11) is 6.93. The van der Waals surface area contributed by atoms with Gasteiger partial charge in [-0.05, 0) is 113 Å². The van der Waals surface area contributed by atoms with Crippen molar-refractivity contribution in [2.75, 3.05) is 47.9 Å². The maximum atomic E-state index is 8.94. The topological polar surface area (TPSA) is 83.5 Å². The maximum Gasteiger partial charge on any atom is 0.119 e. The third kappa shape index (κ3) is 11.0. The zero-order valence-corrected chi connectivity index (χ0v) is 25.5. The fourth-order valence-corrected chi connectivity index (χ4v) is 5.13. The molecular formula is C33H52N4O2. The highest BCUT2D eigenvalue weighted by Gasteiger charge is 2.40. The zero-order chi connectivity index (χ0) is 29.3. The van der Waals surface area contributed by atoms with Gasteiger partial charge in [-0.2, -0.15) is 5.26 Å². The van der Waals surface area contributed by atoms with Crippen molar-refractivity contribution >= 4 is 0 Å². The van der Waals surface area contributed by atoms with Gasteiger partial charge in [0.15, 0.2) is 0 Å². The Balaban J connectivity index is 0.000000663. The molecule has 2 aliphatic rings. The molecule has 1 spiro atoms. The van der Waals surface area contributed by atoms with Gasteiger partial charge in [0.05, 0.1) is 31.6 Å². The van der Waals surface area contributed by atoms with Gasteiger partial charge < -0.3 is 25.4 Å². The fourth-order valence-electron chi connectivity index (χ4n) is 5.13. The van der Waals surface area contributed by atoms with Crippen LogP contribution in [0.4, 0.5) is 0 Å². The van der Waals surface area contributed by atoms with Gasteiger partial charge in [-0.3, -0.25) is 0 Å². The first-order valence-corrected chi connectivity index (χ1v) is 14.2. The van der Waals surface area contributed by atoms with Gasteiger partial charge in [0, 0.05) is 12.6 Å². The minimum absolute atomic E-state index is 0.416. The molecule has 216 valence electrons. The number of nitriles is 1. The second-order valence-corrected chi connectivity index (χ2v) is 10.3. The van der Waals surface area contributed by atoms with E-state index in [4.69, 9.17) is 10.00 Å². The Bertz CT molecular complexity index is 1010. The molecule has 4 rings (SSSR count). The maximum absolute atomic E-state index is 8.94. The van der Waals surface area contributed by atoms with Gasteiger partial charge in [0.1, 0.15) is 5.75 Å². The van der Waals surface area contributed by atoms with Crippen LogP contribution in [0.3, 0.4) is 0 Å². The molecule has 0 unspecified atom stereocenters. The van der Waals surface area contributed by atoms with E-state index < -0.39 is 0 Å². The van der Waals surface area contributed by atoms with Crippen molar-refractivity contribution in [3.8, 4) is 11.8 Å². The number of ether oxygens (including phenoxy) is 2. The Morgan fingerprint density at radius 2 is 1.72 bits per heavy atom. The highest BCUT2D eigenvalue weighted by Crippen LogP contribution is 2.48. The van der Waals surface area contributed by atoms with E-state index >= 15 is 0 Å². The number of hydrogen-bond donors (Lipinski definition) is 2. The molecule has 1 aliphatic heterocycles. The first-order valence-electron chi connectivity index (χ1n) is 14.2. The molecule has 0 aromatic heterocycles. The van der Waals surface area contributed by atoms with Gasteiger partial charge in [-0.15, -0.1) is 0 Å². The van der Waals surface area contributed by atoms with E-state index in [1.807, 2.05) is 12.1 Å². The van der Waals surface area contributed by atoms with Crippen LogP contribution in [0.25, 0.3) is 0 Å². The molecule has 1 saturated heterocycles. The minimum Gasteiger partial charge on any atom is -0.502 e. The number of allylic oxidation sites excluding steroid dienone is 1. The van der Waals surface area contributed by atoms with E-state index in [1.165, 1.54) is 68.9 Å². The van der Waals surface area contributed by atoms with E-state index in [2.05, 4.69) is 84.6 Å². The Morgan fingerprint density at radius 1 is 1.13 bits per heavy atom. The molecule has 1 heterocycles. The number of piperidine rings is 1. The number of rotatable bonds is 6. The molecule has 3 N–H and O–H groups in total. The van der Waals surface area contributed by atoms with Crippen molar-refractivity contribution in [3.63, 3.8) is 0 Å². The lowest BCUT2D eigenvalue weighted by Gasteiger charge is -2.47. The molecule has 39 heavy (non-hydrogen) atoms. The molecule has 6 heteroatoms. The van der Waals surface area contributed by atoms with E-state index in [9.17, 15) is 0 Å². The predicted octanol–water partition coefficient (Wildman–Crippen LogP) is 6.26. The van der Waals surface area contributed by atoms with Crippen LogP contribution in [0.5, 0.6) is 5.75 Å². The summed E-state index contributed by atoms with van der Waals surface area (Å²) in [4.78, 5) is 2.61. The van der Waals surface area contributed by atoms with E-state index in [-0.39, 0.29) is 0 Å². The van der Waals surface area contributed by atoms with Crippen molar-refractivity contribution in [2.45, 2.75) is 65.3 Å². The Hall–Kier alpha value is -2.85. The highest BCUT2D eigenvalue weighted by atomic mass is 16.5. The largest absolute Gasteiger partial charge is 0.502 e. The Morgan fingerprint density at radius 3 is 2.21 bits per heavy atom. The van der Waals surface area contributed by atoms with Crippen LogP contribution in [0, 0.1) is 16.7 Å². The number of nitrogens with one attached hydrogen (secondary N) is 1.